The van der Waals surface area contributed by atoms with Crippen molar-refractivity contribution in [3.63, 3.8) is 0 Å². The largest absolute Gasteiger partial charge is 0.356 e. The molecule has 0 radical (unpaired) electrons. The van der Waals surface area contributed by atoms with Crippen LogP contribution in [-0.2, 0) is 14.3 Å². The van der Waals surface area contributed by atoms with E-state index in [1.165, 1.54) is 6.42 Å². The summed E-state index contributed by atoms with van der Waals surface area (Å²) < 4.78 is 5.54. The van der Waals surface area contributed by atoms with E-state index >= 15 is 0 Å². The molecule has 0 bridgehead atoms. The minimum absolute atomic E-state index is 0.113. The van der Waals surface area contributed by atoms with E-state index < -0.39 is 12.1 Å². The number of hydrogen-bond acceptors (Lipinski definition) is 3. The normalized spacial score (nSPS) is 25.5. The maximum absolute atomic E-state index is 12.7. The van der Waals surface area contributed by atoms with Crippen LogP contribution in [0.15, 0.2) is 24.3 Å². The fourth-order valence-electron chi connectivity index (χ4n) is 3.46. The van der Waals surface area contributed by atoms with Crippen LogP contribution in [0.2, 0.25) is 5.02 Å². The fourth-order valence-corrected chi connectivity index (χ4v) is 3.71. The molecule has 5 nitrogen and oxygen atoms in total. The summed E-state index contributed by atoms with van der Waals surface area (Å²) in [4.78, 5) is 24.4. The number of hydrogen-bond donors (Lipinski definition) is 2. The molecular weight excluding hydrogens is 328 g/mol. The van der Waals surface area contributed by atoms with Gasteiger partial charge >= 0.3 is 0 Å². The van der Waals surface area contributed by atoms with Gasteiger partial charge in [0.1, 0.15) is 6.61 Å². The molecule has 2 atom stereocenters. The highest BCUT2D eigenvalue weighted by atomic mass is 35.5. The minimum Gasteiger partial charge on any atom is -0.356 e. The first kappa shape index (κ1) is 17.2. The third-order valence-corrected chi connectivity index (χ3v) is 5.66. The Balaban J connectivity index is 1.73. The number of benzene rings is 1. The van der Waals surface area contributed by atoms with E-state index in [0.29, 0.717) is 17.1 Å². The molecule has 2 amide bonds. The number of rotatable bonds is 5. The fraction of sp³-hybridized carbons (Fsp3) is 0.556. The minimum atomic E-state index is -0.767. The Hall–Kier alpha value is -1.59. The van der Waals surface area contributed by atoms with Gasteiger partial charge in [-0.2, -0.15) is 0 Å². The molecule has 130 valence electrons. The number of morpholine rings is 1. The zero-order valence-electron chi connectivity index (χ0n) is 13.8. The lowest BCUT2D eigenvalue weighted by Crippen LogP contribution is -2.54. The van der Waals surface area contributed by atoms with Crippen LogP contribution < -0.4 is 10.6 Å². The molecule has 24 heavy (non-hydrogen) atoms. The Kier molecular flexibility index (Phi) is 5.11. The SMILES string of the molecule is CCC1(CNC(=O)C2OCC(=O)NC2c2ccccc2Cl)CCC1. The maximum Gasteiger partial charge on any atom is 0.251 e. The summed E-state index contributed by atoms with van der Waals surface area (Å²) in [6, 6.07) is 6.62. The van der Waals surface area contributed by atoms with Crippen LogP contribution in [0.25, 0.3) is 0 Å². The highest BCUT2D eigenvalue weighted by Gasteiger charge is 2.39. The Morgan fingerprint density at radius 3 is 2.79 bits per heavy atom. The Morgan fingerprint density at radius 2 is 2.17 bits per heavy atom. The van der Waals surface area contributed by atoms with Gasteiger partial charge in [0.05, 0.1) is 6.04 Å². The average molecular weight is 351 g/mol. The summed E-state index contributed by atoms with van der Waals surface area (Å²) in [6.07, 6.45) is 3.82. The van der Waals surface area contributed by atoms with E-state index in [0.717, 1.165) is 19.3 Å². The molecule has 2 aliphatic rings. The zero-order chi connectivity index (χ0) is 17.2. The van der Waals surface area contributed by atoms with Crippen molar-refractivity contribution in [1.29, 1.82) is 0 Å². The third-order valence-electron chi connectivity index (χ3n) is 5.31. The van der Waals surface area contributed by atoms with Gasteiger partial charge < -0.3 is 15.4 Å². The van der Waals surface area contributed by atoms with E-state index in [1.807, 2.05) is 18.2 Å². The van der Waals surface area contributed by atoms with E-state index in [9.17, 15) is 9.59 Å². The van der Waals surface area contributed by atoms with Crippen molar-refractivity contribution in [2.24, 2.45) is 5.41 Å². The molecule has 1 aliphatic heterocycles. The molecule has 2 unspecified atom stereocenters. The molecule has 1 heterocycles. The Morgan fingerprint density at radius 1 is 1.42 bits per heavy atom. The molecule has 1 aromatic rings. The van der Waals surface area contributed by atoms with Crippen LogP contribution in [0, 0.1) is 5.41 Å². The van der Waals surface area contributed by atoms with E-state index in [2.05, 4.69) is 17.6 Å². The summed E-state index contributed by atoms with van der Waals surface area (Å²) in [5, 5.41) is 6.37. The van der Waals surface area contributed by atoms with E-state index in [-0.39, 0.29) is 23.8 Å². The molecule has 1 saturated heterocycles. The van der Waals surface area contributed by atoms with Gasteiger partial charge in [-0.1, -0.05) is 43.1 Å². The van der Waals surface area contributed by atoms with Crippen LogP contribution in [0.4, 0.5) is 0 Å². The second kappa shape index (κ2) is 7.11. The van der Waals surface area contributed by atoms with Crippen molar-refractivity contribution in [3.05, 3.63) is 34.9 Å². The molecule has 1 aliphatic carbocycles. The number of carbonyl (C=O) groups is 2. The van der Waals surface area contributed by atoms with Gasteiger partial charge in [0, 0.05) is 11.6 Å². The van der Waals surface area contributed by atoms with Gasteiger partial charge in [0.25, 0.3) is 5.91 Å². The molecule has 6 heteroatoms. The van der Waals surface area contributed by atoms with Gasteiger partial charge in [0.2, 0.25) is 5.91 Å². The lowest BCUT2D eigenvalue weighted by molar-refractivity contribution is -0.148. The average Bonchev–Trinajstić information content (AvgIpc) is 2.54. The molecule has 3 rings (SSSR count). The summed E-state index contributed by atoms with van der Waals surface area (Å²) in [5.74, 6) is -0.437. The summed E-state index contributed by atoms with van der Waals surface area (Å²) in [6.45, 7) is 2.71. The second-order valence-corrected chi connectivity index (χ2v) is 7.13. The van der Waals surface area contributed by atoms with Crippen LogP contribution in [0.5, 0.6) is 0 Å². The van der Waals surface area contributed by atoms with E-state index in [1.54, 1.807) is 6.07 Å². The van der Waals surface area contributed by atoms with Crippen LogP contribution in [0.1, 0.15) is 44.2 Å². The Bertz CT molecular complexity index is 625. The summed E-state index contributed by atoms with van der Waals surface area (Å²) >= 11 is 6.24. The van der Waals surface area contributed by atoms with E-state index in [4.69, 9.17) is 16.3 Å². The monoisotopic (exact) mass is 350 g/mol. The molecule has 1 saturated carbocycles. The predicted molar refractivity (Wildman–Crippen MR) is 91.7 cm³/mol. The lowest BCUT2D eigenvalue weighted by atomic mass is 9.67. The van der Waals surface area contributed by atoms with Crippen LogP contribution in [0.3, 0.4) is 0 Å². The first-order chi connectivity index (χ1) is 11.5. The van der Waals surface area contributed by atoms with Crippen LogP contribution >= 0.6 is 11.6 Å². The molecule has 1 aromatic carbocycles. The van der Waals surface area contributed by atoms with Gasteiger partial charge in [-0.25, -0.2) is 0 Å². The number of ether oxygens (including phenoxy) is 1. The molecule has 0 aromatic heterocycles. The summed E-state index contributed by atoms with van der Waals surface area (Å²) in [7, 11) is 0. The highest BCUT2D eigenvalue weighted by molar-refractivity contribution is 6.31. The number of halogens is 1. The highest BCUT2D eigenvalue weighted by Crippen LogP contribution is 2.43. The van der Waals surface area contributed by atoms with Gasteiger partial charge in [-0.05, 0) is 36.3 Å². The van der Waals surface area contributed by atoms with Crippen molar-refractivity contribution >= 4 is 23.4 Å². The number of amides is 2. The van der Waals surface area contributed by atoms with Crippen LogP contribution in [-0.4, -0.2) is 31.1 Å². The van der Waals surface area contributed by atoms with Gasteiger partial charge in [-0.3, -0.25) is 9.59 Å². The van der Waals surface area contributed by atoms with Gasteiger partial charge in [0.15, 0.2) is 6.10 Å². The quantitative estimate of drug-likeness (QED) is 0.857. The first-order valence-electron chi connectivity index (χ1n) is 8.48. The zero-order valence-corrected chi connectivity index (χ0v) is 14.6. The van der Waals surface area contributed by atoms with Gasteiger partial charge in [-0.15, -0.1) is 0 Å². The second-order valence-electron chi connectivity index (χ2n) is 6.72. The smallest absolute Gasteiger partial charge is 0.251 e. The maximum atomic E-state index is 12.7. The molecule has 0 spiro atoms. The van der Waals surface area contributed by atoms with Crippen molar-refractivity contribution in [1.82, 2.24) is 10.6 Å². The predicted octanol–water partition coefficient (Wildman–Crippen LogP) is 2.59. The topological polar surface area (TPSA) is 67.4 Å². The van der Waals surface area contributed by atoms with Crippen molar-refractivity contribution < 1.29 is 14.3 Å². The number of carbonyl (C=O) groups excluding carboxylic acids is 2. The van der Waals surface area contributed by atoms with Crippen molar-refractivity contribution in [3.8, 4) is 0 Å². The van der Waals surface area contributed by atoms with Crippen molar-refractivity contribution in [2.75, 3.05) is 13.2 Å². The number of nitrogens with one attached hydrogen (secondary N) is 2. The standard InChI is InChI=1S/C18H23ClN2O3/c1-2-18(8-5-9-18)11-20-17(23)16-15(21-14(22)10-24-16)12-6-3-4-7-13(12)19/h3-4,6-7,15-16H,2,5,8-11H2,1H3,(H,20,23)(H,21,22). The van der Waals surface area contributed by atoms with Crippen molar-refractivity contribution in [2.45, 2.75) is 44.8 Å². The Labute approximate surface area is 147 Å². The molecule has 2 N–H and O–H groups in total. The summed E-state index contributed by atoms with van der Waals surface area (Å²) in [5.41, 5.74) is 0.925. The third kappa shape index (κ3) is 3.42. The molecule has 2 fully saturated rings. The molecular formula is C18H23ClN2O3. The lowest BCUT2D eigenvalue weighted by Gasteiger charge is -2.42. The first-order valence-corrected chi connectivity index (χ1v) is 8.85.